The van der Waals surface area contributed by atoms with Crippen molar-refractivity contribution in [2.45, 2.75) is 27.7 Å². The maximum atomic E-state index is 13.5. The molecule has 31 heavy (non-hydrogen) atoms. The zero-order valence-corrected chi connectivity index (χ0v) is 17.9. The van der Waals surface area contributed by atoms with Crippen LogP contribution in [-0.2, 0) is 9.59 Å². The van der Waals surface area contributed by atoms with Crippen molar-refractivity contribution < 1.29 is 14.0 Å². The average Bonchev–Trinajstić information content (AvgIpc) is 2.92. The highest BCUT2D eigenvalue weighted by Crippen LogP contribution is 2.35. The minimum absolute atomic E-state index is 0.214. The van der Waals surface area contributed by atoms with E-state index in [4.69, 9.17) is 0 Å². The molecule has 3 aromatic carbocycles. The van der Waals surface area contributed by atoms with Crippen LogP contribution in [0.5, 0.6) is 0 Å². The summed E-state index contributed by atoms with van der Waals surface area (Å²) in [5.74, 6) is -1.33. The van der Waals surface area contributed by atoms with E-state index >= 15 is 0 Å². The molecule has 4 nitrogen and oxygen atoms in total. The van der Waals surface area contributed by atoms with Gasteiger partial charge in [-0.05, 0) is 86.3 Å². The number of carbonyl (C=O) groups is 2. The summed E-state index contributed by atoms with van der Waals surface area (Å²) in [6.07, 6.45) is 0. The van der Waals surface area contributed by atoms with Crippen LogP contribution in [0.4, 0.5) is 15.8 Å². The van der Waals surface area contributed by atoms with Crippen molar-refractivity contribution in [1.29, 1.82) is 0 Å². The standard InChI is InChI=1S/C26H23FN2O2/c1-15-5-10-22(18(4)12-15)23-24(28-20-13-16(2)11-17(3)14-20)26(31)29(25(23)30)21-8-6-19(27)7-9-21/h5-14,28H,1-4H3. The maximum absolute atomic E-state index is 13.5. The number of carbonyl (C=O) groups excluding carboxylic acids is 2. The summed E-state index contributed by atoms with van der Waals surface area (Å²) in [5, 5.41) is 3.20. The maximum Gasteiger partial charge on any atom is 0.282 e. The Morgan fingerprint density at radius 1 is 0.742 bits per heavy atom. The first-order chi connectivity index (χ1) is 14.7. The van der Waals surface area contributed by atoms with Crippen LogP contribution in [0.15, 0.2) is 66.4 Å². The van der Waals surface area contributed by atoms with E-state index < -0.39 is 17.6 Å². The Bertz CT molecular complexity index is 1220. The van der Waals surface area contributed by atoms with Gasteiger partial charge in [-0.25, -0.2) is 9.29 Å². The monoisotopic (exact) mass is 414 g/mol. The number of nitrogens with one attached hydrogen (secondary N) is 1. The van der Waals surface area contributed by atoms with E-state index in [2.05, 4.69) is 5.32 Å². The van der Waals surface area contributed by atoms with Crippen molar-refractivity contribution >= 4 is 28.8 Å². The van der Waals surface area contributed by atoms with Gasteiger partial charge in [-0.3, -0.25) is 9.59 Å². The number of amides is 2. The van der Waals surface area contributed by atoms with Crippen molar-refractivity contribution in [3.8, 4) is 0 Å². The lowest BCUT2D eigenvalue weighted by Crippen LogP contribution is -2.32. The summed E-state index contributed by atoms with van der Waals surface area (Å²) < 4.78 is 13.4. The minimum atomic E-state index is -0.467. The molecule has 2 amide bonds. The first-order valence-corrected chi connectivity index (χ1v) is 10.1. The zero-order valence-electron chi connectivity index (χ0n) is 17.9. The Morgan fingerprint density at radius 3 is 2.00 bits per heavy atom. The molecular formula is C26H23FN2O2. The molecule has 1 N–H and O–H groups in total. The largest absolute Gasteiger partial charge is 0.350 e. The summed E-state index contributed by atoms with van der Waals surface area (Å²) in [6, 6.07) is 17.0. The molecule has 0 aromatic heterocycles. The minimum Gasteiger partial charge on any atom is -0.350 e. The van der Waals surface area contributed by atoms with Crippen molar-refractivity contribution in [3.63, 3.8) is 0 Å². The molecule has 0 aliphatic carbocycles. The smallest absolute Gasteiger partial charge is 0.282 e. The van der Waals surface area contributed by atoms with Crippen molar-refractivity contribution in [2.24, 2.45) is 0 Å². The Hall–Kier alpha value is -3.73. The van der Waals surface area contributed by atoms with Crippen LogP contribution in [0.25, 0.3) is 5.57 Å². The quantitative estimate of drug-likeness (QED) is 0.577. The lowest BCUT2D eigenvalue weighted by atomic mass is 9.97. The highest BCUT2D eigenvalue weighted by atomic mass is 19.1. The molecule has 5 heteroatoms. The topological polar surface area (TPSA) is 49.4 Å². The predicted molar refractivity (Wildman–Crippen MR) is 121 cm³/mol. The molecule has 156 valence electrons. The first kappa shape index (κ1) is 20.5. The number of anilines is 2. The van der Waals surface area contributed by atoms with Gasteiger partial charge in [0.05, 0.1) is 11.3 Å². The van der Waals surface area contributed by atoms with Gasteiger partial charge in [-0.1, -0.05) is 29.8 Å². The van der Waals surface area contributed by atoms with E-state index in [9.17, 15) is 14.0 Å². The predicted octanol–water partition coefficient (Wildman–Crippen LogP) is 5.46. The molecule has 3 aromatic rings. The van der Waals surface area contributed by atoms with Gasteiger partial charge in [0.15, 0.2) is 0 Å². The third-order valence-electron chi connectivity index (χ3n) is 5.31. The van der Waals surface area contributed by atoms with E-state index in [0.717, 1.165) is 32.8 Å². The van der Waals surface area contributed by atoms with Gasteiger partial charge in [-0.15, -0.1) is 0 Å². The van der Waals surface area contributed by atoms with E-state index in [0.29, 0.717) is 16.8 Å². The van der Waals surface area contributed by atoms with E-state index in [-0.39, 0.29) is 5.70 Å². The van der Waals surface area contributed by atoms with Crippen molar-refractivity contribution in [3.05, 3.63) is 100.0 Å². The molecule has 0 bridgehead atoms. The number of hydrogen-bond donors (Lipinski definition) is 1. The van der Waals surface area contributed by atoms with Crippen LogP contribution in [0, 0.1) is 33.5 Å². The first-order valence-electron chi connectivity index (χ1n) is 10.1. The second-order valence-corrected chi connectivity index (χ2v) is 7.99. The van der Waals surface area contributed by atoms with Gasteiger partial charge in [0.25, 0.3) is 11.8 Å². The fraction of sp³-hybridized carbons (Fsp3) is 0.154. The van der Waals surface area contributed by atoms with Gasteiger partial charge < -0.3 is 5.32 Å². The molecule has 0 unspecified atom stereocenters. The van der Waals surface area contributed by atoms with Crippen molar-refractivity contribution in [1.82, 2.24) is 0 Å². The summed E-state index contributed by atoms with van der Waals surface area (Å²) >= 11 is 0. The van der Waals surface area contributed by atoms with E-state index in [1.54, 1.807) is 0 Å². The highest BCUT2D eigenvalue weighted by molar-refractivity contribution is 6.46. The summed E-state index contributed by atoms with van der Waals surface area (Å²) in [7, 11) is 0. The Morgan fingerprint density at radius 2 is 1.39 bits per heavy atom. The van der Waals surface area contributed by atoms with Crippen LogP contribution < -0.4 is 10.2 Å². The van der Waals surface area contributed by atoms with Crippen LogP contribution in [0.3, 0.4) is 0 Å². The van der Waals surface area contributed by atoms with Gasteiger partial charge >= 0.3 is 0 Å². The number of nitrogens with zero attached hydrogens (tertiary/aromatic N) is 1. The third kappa shape index (κ3) is 3.87. The molecule has 1 aliphatic heterocycles. The van der Waals surface area contributed by atoms with E-state index in [1.165, 1.54) is 24.3 Å². The molecule has 0 saturated carbocycles. The molecular weight excluding hydrogens is 391 g/mol. The summed E-state index contributed by atoms with van der Waals surface area (Å²) in [4.78, 5) is 28.0. The zero-order chi connectivity index (χ0) is 22.3. The van der Waals surface area contributed by atoms with Gasteiger partial charge in [0.2, 0.25) is 0 Å². The van der Waals surface area contributed by atoms with Crippen LogP contribution in [0.2, 0.25) is 0 Å². The van der Waals surface area contributed by atoms with Crippen LogP contribution >= 0.6 is 0 Å². The van der Waals surface area contributed by atoms with Gasteiger partial charge in [-0.2, -0.15) is 0 Å². The summed E-state index contributed by atoms with van der Waals surface area (Å²) in [5.41, 5.74) is 6.34. The second kappa shape index (κ2) is 7.84. The Labute approximate surface area is 181 Å². The highest BCUT2D eigenvalue weighted by Gasteiger charge is 2.40. The second-order valence-electron chi connectivity index (χ2n) is 7.99. The van der Waals surface area contributed by atoms with Crippen LogP contribution in [-0.4, -0.2) is 11.8 Å². The average molecular weight is 414 g/mol. The number of hydrogen-bond acceptors (Lipinski definition) is 3. The van der Waals surface area contributed by atoms with Crippen LogP contribution in [0.1, 0.15) is 27.8 Å². The molecule has 4 rings (SSSR count). The molecule has 0 atom stereocenters. The molecule has 1 heterocycles. The molecule has 0 radical (unpaired) electrons. The lowest BCUT2D eigenvalue weighted by Gasteiger charge is -2.15. The third-order valence-corrected chi connectivity index (χ3v) is 5.31. The van der Waals surface area contributed by atoms with E-state index in [1.807, 2.05) is 64.1 Å². The fourth-order valence-electron chi connectivity index (χ4n) is 4.01. The normalized spacial score (nSPS) is 13.9. The SMILES string of the molecule is Cc1cc(C)cc(NC2=C(c3ccc(C)cc3C)C(=O)N(c3ccc(F)cc3)C2=O)c1. The molecule has 1 aliphatic rings. The molecule has 0 fully saturated rings. The van der Waals surface area contributed by atoms with Gasteiger partial charge in [0, 0.05) is 5.69 Å². The van der Waals surface area contributed by atoms with Gasteiger partial charge in [0.1, 0.15) is 11.5 Å². The molecule has 0 saturated heterocycles. The Kier molecular flexibility index (Phi) is 5.19. The number of aryl methyl sites for hydroxylation is 4. The number of imide groups is 1. The number of rotatable bonds is 4. The number of benzene rings is 3. The summed E-state index contributed by atoms with van der Waals surface area (Å²) in [6.45, 7) is 7.85. The number of halogens is 1. The van der Waals surface area contributed by atoms with Crippen molar-refractivity contribution in [2.75, 3.05) is 10.2 Å². The fourth-order valence-corrected chi connectivity index (χ4v) is 4.01. The Balaban J connectivity index is 1.87. The lowest BCUT2D eigenvalue weighted by molar-refractivity contribution is -0.120. The molecule has 0 spiro atoms.